The van der Waals surface area contributed by atoms with Crippen molar-refractivity contribution < 1.29 is 9.53 Å². The van der Waals surface area contributed by atoms with Crippen molar-refractivity contribution in [1.29, 1.82) is 0 Å². The Kier molecular flexibility index (Phi) is 6.14. The number of ether oxygens (including phenoxy) is 1. The molecule has 5 nitrogen and oxygen atoms in total. The second kappa shape index (κ2) is 8.66. The molecule has 1 aliphatic heterocycles. The van der Waals surface area contributed by atoms with Gasteiger partial charge in [-0.05, 0) is 43.2 Å². The number of aromatic nitrogens is 2. The lowest BCUT2D eigenvalue weighted by Gasteiger charge is -2.30. The van der Waals surface area contributed by atoms with Gasteiger partial charge in [-0.1, -0.05) is 55.1 Å². The molecule has 0 amide bonds. The van der Waals surface area contributed by atoms with Crippen molar-refractivity contribution in [3.8, 4) is 5.75 Å². The van der Waals surface area contributed by atoms with Gasteiger partial charge in [0.2, 0.25) is 5.95 Å². The fourth-order valence-corrected chi connectivity index (χ4v) is 4.54. The van der Waals surface area contributed by atoms with E-state index in [2.05, 4.69) is 0 Å². The van der Waals surface area contributed by atoms with Crippen LogP contribution in [0.4, 0.5) is 11.6 Å². The van der Waals surface area contributed by atoms with Crippen molar-refractivity contribution in [2.45, 2.75) is 39.7 Å². The van der Waals surface area contributed by atoms with Gasteiger partial charge in [0, 0.05) is 18.1 Å². The van der Waals surface area contributed by atoms with Gasteiger partial charge < -0.3 is 14.2 Å². The molecule has 2 aromatic carbocycles. The summed E-state index contributed by atoms with van der Waals surface area (Å²) in [6.07, 6.45) is 2.58. The summed E-state index contributed by atoms with van der Waals surface area (Å²) in [6, 6.07) is 8.86. The van der Waals surface area contributed by atoms with Crippen LogP contribution in [0.15, 0.2) is 30.3 Å². The molecule has 8 heteroatoms. The molecule has 1 atom stereocenters. The van der Waals surface area contributed by atoms with E-state index in [0.717, 1.165) is 43.6 Å². The Labute approximate surface area is 190 Å². The maximum absolute atomic E-state index is 12.6. The third kappa shape index (κ3) is 3.86. The van der Waals surface area contributed by atoms with E-state index in [1.165, 1.54) is 0 Å². The number of halogens is 3. The average Bonchev–Trinajstić information content (AvgIpc) is 3.11. The molecular weight excluding hydrogens is 445 g/mol. The molecule has 158 valence electrons. The van der Waals surface area contributed by atoms with Gasteiger partial charge >= 0.3 is 5.97 Å². The molecule has 0 N–H and O–H groups in total. The van der Waals surface area contributed by atoms with Crippen molar-refractivity contribution in [1.82, 2.24) is 9.55 Å². The summed E-state index contributed by atoms with van der Waals surface area (Å²) in [6.45, 7) is 5.43. The molecule has 2 heterocycles. The predicted molar refractivity (Wildman–Crippen MR) is 123 cm³/mol. The van der Waals surface area contributed by atoms with E-state index in [4.69, 9.17) is 44.5 Å². The monoisotopic (exact) mass is 465 g/mol. The molecule has 1 unspecified atom stereocenters. The third-order valence-corrected chi connectivity index (χ3v) is 6.17. The van der Waals surface area contributed by atoms with Gasteiger partial charge in [-0.2, -0.15) is 0 Å². The number of hydrogen-bond acceptors (Lipinski definition) is 4. The van der Waals surface area contributed by atoms with Gasteiger partial charge in [0.25, 0.3) is 0 Å². The molecule has 1 aliphatic rings. The Morgan fingerprint density at radius 1 is 1.17 bits per heavy atom. The van der Waals surface area contributed by atoms with Gasteiger partial charge in [0.05, 0.1) is 21.7 Å². The fraction of sp³-hybridized carbons (Fsp3) is 0.364. The zero-order valence-corrected chi connectivity index (χ0v) is 19.1. The van der Waals surface area contributed by atoms with E-state index in [1.54, 1.807) is 24.3 Å². The number of esters is 1. The molecule has 0 bridgehead atoms. The van der Waals surface area contributed by atoms with Gasteiger partial charge in [0.15, 0.2) is 5.75 Å². The number of hydrogen-bond donors (Lipinski definition) is 0. The van der Waals surface area contributed by atoms with Crippen molar-refractivity contribution in [3.05, 3.63) is 45.4 Å². The van der Waals surface area contributed by atoms with Crippen LogP contribution in [0.25, 0.3) is 11.0 Å². The Morgan fingerprint density at radius 3 is 2.70 bits per heavy atom. The first-order chi connectivity index (χ1) is 14.4. The van der Waals surface area contributed by atoms with Gasteiger partial charge in [-0.25, -0.2) is 4.98 Å². The summed E-state index contributed by atoms with van der Waals surface area (Å²) in [5.41, 5.74) is 2.16. The molecule has 0 saturated heterocycles. The third-order valence-electron chi connectivity index (χ3n) is 5.33. The van der Waals surface area contributed by atoms with Crippen molar-refractivity contribution in [2.75, 3.05) is 11.4 Å². The highest BCUT2D eigenvalue weighted by Crippen LogP contribution is 2.41. The highest BCUT2D eigenvalue weighted by Gasteiger charge is 2.28. The van der Waals surface area contributed by atoms with E-state index >= 15 is 0 Å². The van der Waals surface area contributed by atoms with Gasteiger partial charge in [-0.15, -0.1) is 0 Å². The number of benzene rings is 2. The van der Waals surface area contributed by atoms with E-state index < -0.39 is 0 Å². The summed E-state index contributed by atoms with van der Waals surface area (Å²) >= 11 is 19.0. The number of nitrogens with zero attached hydrogens (tertiary/aromatic N) is 3. The molecule has 0 radical (unpaired) electrons. The van der Waals surface area contributed by atoms with Crippen molar-refractivity contribution in [2.24, 2.45) is 5.92 Å². The molecule has 3 aromatic rings. The van der Waals surface area contributed by atoms with Crippen LogP contribution in [0.5, 0.6) is 5.75 Å². The lowest BCUT2D eigenvalue weighted by molar-refractivity contribution is -0.138. The number of carbonyl (C=O) groups excluding carboxylic acids is 1. The number of fused-ring (bicyclic) bond motifs is 3. The molecule has 0 aliphatic carbocycles. The Hall–Kier alpha value is -1.95. The minimum Gasteiger partial charge on any atom is -0.424 e. The Morgan fingerprint density at radius 2 is 1.97 bits per heavy atom. The maximum atomic E-state index is 12.6. The zero-order valence-electron chi connectivity index (χ0n) is 16.8. The molecule has 1 aromatic heterocycles. The number of aryl methyl sites for hydroxylation is 1. The van der Waals surface area contributed by atoms with Gasteiger partial charge in [0.1, 0.15) is 11.0 Å². The first kappa shape index (κ1) is 21.3. The largest absolute Gasteiger partial charge is 0.424 e. The lowest BCUT2D eigenvalue weighted by Crippen LogP contribution is -2.28. The smallest absolute Gasteiger partial charge is 0.314 e. The normalized spacial score (nSPS) is 14.6. The minimum atomic E-state index is -0.246. The van der Waals surface area contributed by atoms with Crippen LogP contribution in [0.1, 0.15) is 33.1 Å². The number of rotatable bonds is 5. The van der Waals surface area contributed by atoms with Crippen molar-refractivity contribution >= 4 is 63.4 Å². The predicted octanol–water partition coefficient (Wildman–Crippen LogP) is 6.88. The summed E-state index contributed by atoms with van der Waals surface area (Å²) in [5.74, 6) is 0.774. The lowest BCUT2D eigenvalue weighted by atomic mass is 10.1. The molecule has 30 heavy (non-hydrogen) atoms. The molecule has 0 spiro atoms. The molecule has 4 rings (SSSR count). The van der Waals surface area contributed by atoms with Crippen LogP contribution >= 0.6 is 34.8 Å². The van der Waals surface area contributed by atoms with E-state index in [1.807, 2.05) is 29.4 Å². The second-order valence-electron chi connectivity index (χ2n) is 7.52. The highest BCUT2D eigenvalue weighted by atomic mass is 35.5. The maximum Gasteiger partial charge on any atom is 0.314 e. The first-order valence-electron chi connectivity index (χ1n) is 10.0. The number of carbonyl (C=O) groups is 1. The number of anilines is 2. The van der Waals surface area contributed by atoms with Crippen LogP contribution in [0, 0.1) is 5.92 Å². The number of imidazole rings is 1. The summed E-state index contributed by atoms with van der Waals surface area (Å²) in [5, 5.41) is 1.64. The summed E-state index contributed by atoms with van der Waals surface area (Å²) in [7, 11) is 0. The topological polar surface area (TPSA) is 47.4 Å². The van der Waals surface area contributed by atoms with Gasteiger partial charge in [-0.3, -0.25) is 4.79 Å². The van der Waals surface area contributed by atoms with E-state index in [0.29, 0.717) is 32.3 Å². The van der Waals surface area contributed by atoms with Crippen LogP contribution < -0.4 is 9.64 Å². The fourth-order valence-electron chi connectivity index (χ4n) is 3.84. The zero-order chi connectivity index (χ0) is 21.4. The van der Waals surface area contributed by atoms with Crippen molar-refractivity contribution in [3.63, 3.8) is 0 Å². The standard InChI is InChI=1S/C22H22Cl3N3O2/c1-3-5-13(2)21(29)30-18-9-7-15(24)19-20(18)28-11-4-10-27(22(28)26-19)17-8-6-14(23)12-16(17)25/h6-9,12-13H,3-5,10-11H2,1-2H3. The van der Waals surface area contributed by atoms with E-state index in [9.17, 15) is 4.79 Å². The van der Waals surface area contributed by atoms with E-state index in [-0.39, 0.29) is 11.9 Å². The van der Waals surface area contributed by atoms with Crippen LogP contribution in [0.2, 0.25) is 15.1 Å². The molecule has 0 fully saturated rings. The summed E-state index contributed by atoms with van der Waals surface area (Å²) < 4.78 is 7.83. The quantitative estimate of drug-likeness (QED) is 0.304. The van der Waals surface area contributed by atoms with Crippen LogP contribution in [-0.4, -0.2) is 22.1 Å². The van der Waals surface area contributed by atoms with Crippen LogP contribution in [0.3, 0.4) is 0 Å². The first-order valence-corrected chi connectivity index (χ1v) is 11.2. The Balaban J connectivity index is 1.81. The molecule has 0 saturated carbocycles. The minimum absolute atomic E-state index is 0.172. The molecular formula is C22H22Cl3N3O2. The second-order valence-corrected chi connectivity index (χ2v) is 8.77. The Bertz CT molecular complexity index is 1110. The van der Waals surface area contributed by atoms with Crippen LogP contribution in [-0.2, 0) is 11.3 Å². The highest BCUT2D eigenvalue weighted by molar-refractivity contribution is 6.36. The summed E-state index contributed by atoms with van der Waals surface area (Å²) in [4.78, 5) is 19.4. The average molecular weight is 467 g/mol. The SMILES string of the molecule is CCCC(C)C(=O)Oc1ccc(Cl)c2nc3n(c12)CCCN3c1ccc(Cl)cc1Cl.